The molecule has 1 N–H and O–H groups in total. The zero-order valence-corrected chi connectivity index (χ0v) is 14.5. The van der Waals surface area contributed by atoms with Crippen LogP contribution >= 0.6 is 0 Å². The third kappa shape index (κ3) is 3.76. The number of aryl methyl sites for hydroxylation is 1. The largest absolute Gasteiger partial charge is 0.493 e. The van der Waals surface area contributed by atoms with Crippen LogP contribution in [0.1, 0.15) is 17.7 Å². The fraction of sp³-hybridized carbons (Fsp3) is 0.444. The first kappa shape index (κ1) is 16.5. The molecule has 3 rings (SSSR count). The number of aromatic nitrogens is 2. The molecule has 1 unspecified atom stereocenters. The first-order valence-electron chi connectivity index (χ1n) is 8.18. The van der Waals surface area contributed by atoms with Gasteiger partial charge >= 0.3 is 0 Å². The molecule has 0 amide bonds. The van der Waals surface area contributed by atoms with Crippen LogP contribution in [0, 0.1) is 6.92 Å². The fourth-order valence-corrected chi connectivity index (χ4v) is 3.11. The maximum Gasteiger partial charge on any atom is 0.223 e. The van der Waals surface area contributed by atoms with Gasteiger partial charge in [0.15, 0.2) is 11.5 Å². The molecule has 0 aliphatic carbocycles. The van der Waals surface area contributed by atoms with Gasteiger partial charge in [0.25, 0.3) is 0 Å². The Balaban J connectivity index is 1.62. The third-order valence-electron chi connectivity index (χ3n) is 4.28. The molecule has 1 aromatic heterocycles. The molecule has 1 aliphatic heterocycles. The second kappa shape index (κ2) is 7.49. The van der Waals surface area contributed by atoms with Gasteiger partial charge in [0.2, 0.25) is 5.95 Å². The lowest BCUT2D eigenvalue weighted by molar-refractivity contribution is 0.310. The van der Waals surface area contributed by atoms with Crippen LogP contribution in [0.15, 0.2) is 30.5 Å². The highest BCUT2D eigenvalue weighted by molar-refractivity contribution is 5.46. The minimum atomic E-state index is 0.364. The van der Waals surface area contributed by atoms with E-state index in [2.05, 4.69) is 26.3 Å². The van der Waals surface area contributed by atoms with Gasteiger partial charge in [0.05, 0.1) is 14.2 Å². The Kier molecular flexibility index (Phi) is 5.15. The topological polar surface area (TPSA) is 59.5 Å². The number of methoxy groups -OCH3 is 2. The zero-order valence-electron chi connectivity index (χ0n) is 14.5. The number of ether oxygens (including phenoxy) is 2. The Morgan fingerprint density at radius 3 is 2.88 bits per heavy atom. The smallest absolute Gasteiger partial charge is 0.223 e. The van der Waals surface area contributed by atoms with Gasteiger partial charge in [-0.2, -0.15) is 0 Å². The predicted molar refractivity (Wildman–Crippen MR) is 93.6 cm³/mol. The Morgan fingerprint density at radius 1 is 1.25 bits per heavy atom. The molecule has 6 heteroatoms. The number of anilines is 1. The van der Waals surface area contributed by atoms with Crippen molar-refractivity contribution < 1.29 is 9.47 Å². The van der Waals surface area contributed by atoms with Crippen LogP contribution in [0.25, 0.3) is 0 Å². The molecule has 128 valence electrons. The van der Waals surface area contributed by atoms with Crippen molar-refractivity contribution in [1.29, 1.82) is 0 Å². The molecule has 1 atom stereocenters. The lowest BCUT2D eigenvalue weighted by atomic mass is 10.1. The van der Waals surface area contributed by atoms with Gasteiger partial charge in [-0.15, -0.1) is 0 Å². The van der Waals surface area contributed by atoms with Gasteiger partial charge < -0.3 is 14.8 Å². The summed E-state index contributed by atoms with van der Waals surface area (Å²) >= 11 is 0. The molecule has 0 saturated carbocycles. The van der Waals surface area contributed by atoms with E-state index in [-0.39, 0.29) is 0 Å². The number of rotatable bonds is 6. The van der Waals surface area contributed by atoms with Gasteiger partial charge in [-0.1, -0.05) is 12.1 Å². The summed E-state index contributed by atoms with van der Waals surface area (Å²) in [5, 5.41) is 3.43. The van der Waals surface area contributed by atoms with Gasteiger partial charge in [-0.3, -0.25) is 4.90 Å². The minimum absolute atomic E-state index is 0.364. The number of nitrogens with one attached hydrogen (secondary N) is 1. The SMILES string of the molecule is COc1cccc(CN2CCC(Nc3nccc(C)n3)C2)c1OC. The van der Waals surface area contributed by atoms with Crippen molar-refractivity contribution in [2.24, 2.45) is 0 Å². The minimum Gasteiger partial charge on any atom is -0.493 e. The van der Waals surface area contributed by atoms with Crippen LogP contribution < -0.4 is 14.8 Å². The zero-order chi connectivity index (χ0) is 16.9. The summed E-state index contributed by atoms with van der Waals surface area (Å²) in [4.78, 5) is 11.1. The van der Waals surface area contributed by atoms with Gasteiger partial charge in [0, 0.05) is 43.1 Å². The normalized spacial score (nSPS) is 17.7. The quantitative estimate of drug-likeness (QED) is 0.879. The van der Waals surface area contributed by atoms with Crippen LogP contribution in [0.3, 0.4) is 0 Å². The first-order valence-corrected chi connectivity index (χ1v) is 8.18. The maximum atomic E-state index is 5.53. The molecule has 0 radical (unpaired) electrons. The predicted octanol–water partition coefficient (Wildman–Crippen LogP) is 2.49. The van der Waals surface area contributed by atoms with Crippen molar-refractivity contribution in [2.75, 3.05) is 32.6 Å². The average molecular weight is 328 g/mol. The Morgan fingerprint density at radius 2 is 2.12 bits per heavy atom. The summed E-state index contributed by atoms with van der Waals surface area (Å²) in [5.41, 5.74) is 2.12. The molecular formula is C18H24N4O2. The molecule has 1 fully saturated rings. The van der Waals surface area contributed by atoms with Crippen molar-refractivity contribution >= 4 is 5.95 Å². The monoisotopic (exact) mass is 328 g/mol. The number of para-hydroxylation sites is 1. The van der Waals surface area contributed by atoms with E-state index in [0.717, 1.165) is 48.8 Å². The van der Waals surface area contributed by atoms with E-state index in [1.807, 2.05) is 25.1 Å². The van der Waals surface area contributed by atoms with Crippen LogP contribution in [0.2, 0.25) is 0 Å². The van der Waals surface area contributed by atoms with Gasteiger partial charge in [0.1, 0.15) is 0 Å². The highest BCUT2D eigenvalue weighted by Crippen LogP contribution is 2.32. The highest BCUT2D eigenvalue weighted by atomic mass is 16.5. The molecular weight excluding hydrogens is 304 g/mol. The number of hydrogen-bond donors (Lipinski definition) is 1. The van der Waals surface area contributed by atoms with E-state index in [4.69, 9.17) is 9.47 Å². The molecule has 2 heterocycles. The average Bonchev–Trinajstić information content (AvgIpc) is 3.01. The van der Waals surface area contributed by atoms with E-state index in [0.29, 0.717) is 12.0 Å². The fourth-order valence-electron chi connectivity index (χ4n) is 3.11. The summed E-state index contributed by atoms with van der Waals surface area (Å²) in [5.74, 6) is 2.30. The van der Waals surface area contributed by atoms with Crippen LogP contribution in [0.5, 0.6) is 11.5 Å². The molecule has 1 aromatic carbocycles. The molecule has 1 aliphatic rings. The Labute approximate surface area is 142 Å². The second-order valence-corrected chi connectivity index (χ2v) is 6.04. The van der Waals surface area contributed by atoms with Crippen molar-refractivity contribution in [3.63, 3.8) is 0 Å². The standard InChI is InChI=1S/C18H24N4O2/c1-13-7-9-19-18(20-13)21-15-8-10-22(12-15)11-14-5-4-6-16(23-2)17(14)24-3/h4-7,9,15H,8,10-12H2,1-3H3,(H,19,20,21). The third-order valence-corrected chi connectivity index (χ3v) is 4.28. The van der Waals surface area contributed by atoms with E-state index >= 15 is 0 Å². The lowest BCUT2D eigenvalue weighted by Gasteiger charge is -2.19. The maximum absolute atomic E-state index is 5.53. The number of hydrogen-bond acceptors (Lipinski definition) is 6. The molecule has 0 bridgehead atoms. The number of nitrogens with zero attached hydrogens (tertiary/aromatic N) is 3. The highest BCUT2D eigenvalue weighted by Gasteiger charge is 2.24. The summed E-state index contributed by atoms with van der Waals surface area (Å²) < 4.78 is 10.9. The number of likely N-dealkylation sites (tertiary alicyclic amines) is 1. The number of benzene rings is 1. The van der Waals surface area contributed by atoms with E-state index in [1.165, 1.54) is 0 Å². The second-order valence-electron chi connectivity index (χ2n) is 6.04. The molecule has 0 spiro atoms. The van der Waals surface area contributed by atoms with Gasteiger partial charge in [-0.25, -0.2) is 9.97 Å². The van der Waals surface area contributed by atoms with Crippen LogP contribution in [-0.2, 0) is 6.54 Å². The summed E-state index contributed by atoms with van der Waals surface area (Å²) in [6.07, 6.45) is 2.86. The van der Waals surface area contributed by atoms with E-state index in [9.17, 15) is 0 Å². The Bertz CT molecular complexity index is 692. The summed E-state index contributed by atoms with van der Waals surface area (Å²) in [7, 11) is 3.35. The van der Waals surface area contributed by atoms with Crippen molar-refractivity contribution in [3.05, 3.63) is 41.7 Å². The van der Waals surface area contributed by atoms with Crippen molar-refractivity contribution in [3.8, 4) is 11.5 Å². The Hall–Kier alpha value is -2.34. The summed E-state index contributed by atoms with van der Waals surface area (Å²) in [6, 6.07) is 8.28. The van der Waals surface area contributed by atoms with Crippen LogP contribution in [-0.4, -0.2) is 48.2 Å². The molecule has 2 aromatic rings. The van der Waals surface area contributed by atoms with E-state index < -0.39 is 0 Å². The first-order chi connectivity index (χ1) is 11.7. The van der Waals surface area contributed by atoms with Crippen molar-refractivity contribution in [2.45, 2.75) is 25.9 Å². The van der Waals surface area contributed by atoms with Crippen molar-refractivity contribution in [1.82, 2.24) is 14.9 Å². The molecule has 24 heavy (non-hydrogen) atoms. The lowest BCUT2D eigenvalue weighted by Crippen LogP contribution is -2.26. The molecule has 1 saturated heterocycles. The molecule has 6 nitrogen and oxygen atoms in total. The van der Waals surface area contributed by atoms with Gasteiger partial charge in [-0.05, 0) is 25.5 Å². The summed E-state index contributed by atoms with van der Waals surface area (Å²) in [6.45, 7) is 4.80. The van der Waals surface area contributed by atoms with Crippen LogP contribution in [0.4, 0.5) is 5.95 Å². The van der Waals surface area contributed by atoms with E-state index in [1.54, 1.807) is 20.4 Å².